The highest BCUT2D eigenvalue weighted by Crippen LogP contribution is 2.46. The Morgan fingerprint density at radius 2 is 1.84 bits per heavy atom. The van der Waals surface area contributed by atoms with Crippen LogP contribution in [-0.2, 0) is 25.4 Å². The highest BCUT2D eigenvalue weighted by Gasteiger charge is 2.40. The monoisotopic (exact) mass is 540 g/mol. The van der Waals surface area contributed by atoms with Crippen molar-refractivity contribution < 1.29 is 23.4 Å². The second kappa shape index (κ2) is 11.1. The molecule has 3 N–H and O–H groups in total. The Labute approximate surface area is 221 Å². The SMILES string of the molecule is CC(C)OC(=O)C(C)(C)N[P@](=O)(CO[C@H](C)Cn1cnc2c(N)ncnc21)Oc1ccc2ccccc2c1. The van der Waals surface area contributed by atoms with Crippen LogP contribution in [-0.4, -0.2) is 49.6 Å². The molecule has 11 nitrogen and oxygen atoms in total. The Morgan fingerprint density at radius 1 is 1.11 bits per heavy atom. The first-order valence-electron chi connectivity index (χ1n) is 12.3. The summed E-state index contributed by atoms with van der Waals surface area (Å²) in [5.41, 5.74) is 5.64. The topological polar surface area (TPSA) is 143 Å². The zero-order valence-corrected chi connectivity index (χ0v) is 23.0. The van der Waals surface area contributed by atoms with Crippen molar-refractivity contribution in [2.24, 2.45) is 0 Å². The number of anilines is 1. The van der Waals surface area contributed by atoms with Crippen molar-refractivity contribution in [3.05, 3.63) is 55.1 Å². The lowest BCUT2D eigenvalue weighted by Crippen LogP contribution is -2.48. The van der Waals surface area contributed by atoms with E-state index in [0.717, 1.165) is 10.8 Å². The Hall–Kier alpha value is -3.53. The summed E-state index contributed by atoms with van der Waals surface area (Å²) >= 11 is 0. The number of carbonyl (C=O) groups excluding carboxylic acids is 1. The van der Waals surface area contributed by atoms with Crippen LogP contribution in [0.15, 0.2) is 55.1 Å². The van der Waals surface area contributed by atoms with Gasteiger partial charge in [-0.25, -0.2) is 20.0 Å². The van der Waals surface area contributed by atoms with Crippen molar-refractivity contribution in [1.82, 2.24) is 24.6 Å². The van der Waals surface area contributed by atoms with E-state index in [4.69, 9.17) is 19.7 Å². The molecule has 2 atom stereocenters. The van der Waals surface area contributed by atoms with Crippen LogP contribution >= 0.6 is 7.52 Å². The summed E-state index contributed by atoms with van der Waals surface area (Å²) in [6.45, 7) is 8.89. The molecule has 0 spiro atoms. The molecule has 0 aliphatic carbocycles. The largest absolute Gasteiger partial charge is 0.462 e. The maximum atomic E-state index is 14.2. The van der Waals surface area contributed by atoms with Crippen LogP contribution in [0.3, 0.4) is 0 Å². The van der Waals surface area contributed by atoms with Gasteiger partial charge in [-0.3, -0.25) is 9.36 Å². The normalized spacial score (nSPS) is 14.5. The fourth-order valence-corrected chi connectivity index (χ4v) is 5.91. The van der Waals surface area contributed by atoms with Crippen LogP contribution in [0.5, 0.6) is 5.75 Å². The highest BCUT2D eigenvalue weighted by atomic mass is 31.2. The molecule has 0 aliphatic rings. The van der Waals surface area contributed by atoms with Crippen LogP contribution in [0.4, 0.5) is 5.82 Å². The van der Waals surface area contributed by atoms with Crippen LogP contribution in [0, 0.1) is 0 Å². The Morgan fingerprint density at radius 3 is 2.58 bits per heavy atom. The van der Waals surface area contributed by atoms with Gasteiger partial charge in [0.15, 0.2) is 11.5 Å². The number of nitrogen functional groups attached to an aromatic ring is 1. The molecule has 0 fully saturated rings. The molecule has 0 saturated heterocycles. The number of ether oxygens (including phenoxy) is 2. The van der Waals surface area contributed by atoms with Gasteiger partial charge >= 0.3 is 13.5 Å². The number of hydrogen-bond donors (Lipinski definition) is 2. The highest BCUT2D eigenvalue weighted by molar-refractivity contribution is 7.57. The first-order valence-corrected chi connectivity index (χ1v) is 14.1. The number of esters is 1. The Kier molecular flexibility index (Phi) is 8.01. The quantitative estimate of drug-likeness (QED) is 0.206. The van der Waals surface area contributed by atoms with Crippen molar-refractivity contribution in [2.45, 2.75) is 58.9 Å². The zero-order valence-electron chi connectivity index (χ0n) is 22.1. The maximum absolute atomic E-state index is 14.2. The van der Waals surface area contributed by atoms with Gasteiger partial charge in [-0.2, -0.15) is 0 Å². The summed E-state index contributed by atoms with van der Waals surface area (Å²) in [6.07, 6.45) is 1.93. The van der Waals surface area contributed by atoms with E-state index in [-0.39, 0.29) is 18.3 Å². The van der Waals surface area contributed by atoms with E-state index < -0.39 is 25.1 Å². The van der Waals surface area contributed by atoms with Gasteiger partial charge in [-0.15, -0.1) is 0 Å². The number of carbonyl (C=O) groups is 1. The number of fused-ring (bicyclic) bond motifs is 2. The van der Waals surface area contributed by atoms with Crippen LogP contribution in [0.1, 0.15) is 34.6 Å². The summed E-state index contributed by atoms with van der Waals surface area (Å²) in [7, 11) is -3.78. The third-order valence-electron chi connectivity index (χ3n) is 5.69. The molecule has 2 aromatic heterocycles. The summed E-state index contributed by atoms with van der Waals surface area (Å²) in [5, 5.41) is 4.85. The summed E-state index contributed by atoms with van der Waals surface area (Å²) < 4.78 is 33.3. The molecule has 0 amide bonds. The van der Waals surface area contributed by atoms with Gasteiger partial charge in [0, 0.05) is 0 Å². The van der Waals surface area contributed by atoms with Gasteiger partial charge in [0.25, 0.3) is 0 Å². The van der Waals surface area contributed by atoms with Gasteiger partial charge in [0.1, 0.15) is 29.5 Å². The number of nitrogens with zero attached hydrogens (tertiary/aromatic N) is 4. The van der Waals surface area contributed by atoms with Gasteiger partial charge < -0.3 is 24.3 Å². The van der Waals surface area contributed by atoms with E-state index in [2.05, 4.69) is 20.0 Å². The standard InChI is InChI=1S/C26H33N6O5P/c1-17(2)36-25(33)26(4,5)31-38(34,37-21-11-10-19-8-6-7-9-20(19)12-21)16-35-18(3)13-32-15-30-22-23(27)28-14-29-24(22)32/h6-12,14-15,17-18H,13,16H2,1-5H3,(H,31,34)(H2,27,28,29)/t18-,38+/m1/s1. The number of nitrogens with one attached hydrogen (secondary N) is 1. The minimum Gasteiger partial charge on any atom is -0.462 e. The number of rotatable bonds is 11. The first kappa shape index (κ1) is 27.5. The second-order valence-corrected chi connectivity index (χ2v) is 11.9. The first-order chi connectivity index (χ1) is 18.0. The second-order valence-electron chi connectivity index (χ2n) is 9.90. The zero-order chi connectivity index (χ0) is 27.5. The van der Waals surface area contributed by atoms with E-state index in [1.54, 1.807) is 50.7 Å². The van der Waals surface area contributed by atoms with Crippen LogP contribution < -0.4 is 15.3 Å². The molecule has 2 heterocycles. The lowest BCUT2D eigenvalue weighted by atomic mass is 10.1. The number of nitrogens with two attached hydrogens (primary N) is 1. The lowest BCUT2D eigenvalue weighted by molar-refractivity contribution is -0.153. The van der Waals surface area contributed by atoms with Gasteiger partial charge in [0.05, 0.1) is 25.1 Å². The average molecular weight is 541 g/mol. The number of aromatic nitrogens is 4. The van der Waals surface area contributed by atoms with E-state index in [0.29, 0.717) is 23.5 Å². The van der Waals surface area contributed by atoms with Gasteiger partial charge in [-0.05, 0) is 57.5 Å². The fourth-order valence-electron chi connectivity index (χ4n) is 3.90. The molecule has 2 aromatic carbocycles. The molecular weight excluding hydrogens is 507 g/mol. The third-order valence-corrected chi connectivity index (χ3v) is 7.58. The van der Waals surface area contributed by atoms with Crippen molar-refractivity contribution in [3.8, 4) is 5.75 Å². The van der Waals surface area contributed by atoms with E-state index >= 15 is 0 Å². The fraction of sp³-hybridized carbons (Fsp3) is 0.385. The van der Waals surface area contributed by atoms with Crippen molar-refractivity contribution >= 4 is 41.2 Å². The molecule has 202 valence electrons. The molecule has 0 aliphatic heterocycles. The molecule has 0 radical (unpaired) electrons. The summed E-state index contributed by atoms with van der Waals surface area (Å²) in [6, 6.07) is 13.2. The van der Waals surface area contributed by atoms with Gasteiger partial charge in [-0.1, -0.05) is 30.3 Å². The minimum absolute atomic E-state index is 0.287. The lowest BCUT2D eigenvalue weighted by Gasteiger charge is -2.31. The Balaban J connectivity index is 1.54. The molecule has 4 aromatic rings. The predicted octanol–water partition coefficient (Wildman–Crippen LogP) is 4.52. The van der Waals surface area contributed by atoms with Gasteiger partial charge in [0.2, 0.25) is 0 Å². The average Bonchev–Trinajstić information content (AvgIpc) is 3.26. The number of benzene rings is 2. The third kappa shape index (κ3) is 6.48. The van der Waals surface area contributed by atoms with Crippen molar-refractivity contribution in [3.63, 3.8) is 0 Å². The number of hydrogen-bond acceptors (Lipinski definition) is 9. The smallest absolute Gasteiger partial charge is 0.342 e. The maximum Gasteiger partial charge on any atom is 0.342 e. The van der Waals surface area contributed by atoms with Crippen molar-refractivity contribution in [1.29, 1.82) is 0 Å². The minimum atomic E-state index is -3.78. The molecule has 0 saturated carbocycles. The van der Waals surface area contributed by atoms with E-state index in [9.17, 15) is 9.36 Å². The summed E-state index contributed by atoms with van der Waals surface area (Å²) in [5.74, 6) is 0.122. The molecule has 0 unspecified atom stereocenters. The van der Waals surface area contributed by atoms with Crippen LogP contribution in [0.2, 0.25) is 0 Å². The molecular formula is C26H33N6O5P. The van der Waals surface area contributed by atoms with E-state index in [1.807, 2.05) is 37.3 Å². The molecule has 12 heteroatoms. The van der Waals surface area contributed by atoms with E-state index in [1.165, 1.54) is 6.33 Å². The predicted molar refractivity (Wildman–Crippen MR) is 146 cm³/mol. The molecule has 38 heavy (non-hydrogen) atoms. The number of imidazole rings is 1. The van der Waals surface area contributed by atoms with Crippen LogP contribution in [0.25, 0.3) is 21.9 Å². The molecule has 0 bridgehead atoms. The Bertz CT molecular complexity index is 1490. The van der Waals surface area contributed by atoms with Crippen molar-refractivity contribution in [2.75, 3.05) is 12.1 Å². The summed E-state index contributed by atoms with van der Waals surface area (Å²) in [4.78, 5) is 25.2. The molecule has 4 rings (SSSR count).